The van der Waals surface area contributed by atoms with Crippen molar-refractivity contribution in [2.24, 2.45) is 5.73 Å². The zero-order valence-corrected chi connectivity index (χ0v) is 12.5. The van der Waals surface area contributed by atoms with E-state index in [4.69, 9.17) is 5.73 Å². The molecule has 1 amide bonds. The number of nitrogens with zero attached hydrogens (tertiary/aromatic N) is 1. The number of aromatic nitrogens is 1. The van der Waals surface area contributed by atoms with Gasteiger partial charge in [0.15, 0.2) is 5.13 Å². The van der Waals surface area contributed by atoms with Crippen molar-refractivity contribution < 1.29 is 14.3 Å². The molecule has 0 atom stereocenters. The van der Waals surface area contributed by atoms with Crippen molar-refractivity contribution >= 4 is 28.3 Å². The van der Waals surface area contributed by atoms with Crippen molar-refractivity contribution in [3.63, 3.8) is 0 Å². The number of carbonyl (C=O) groups is 2. The zero-order valence-electron chi connectivity index (χ0n) is 11.7. The molecule has 21 heavy (non-hydrogen) atoms. The molecule has 0 radical (unpaired) electrons. The van der Waals surface area contributed by atoms with Gasteiger partial charge >= 0.3 is 5.97 Å². The Kier molecular flexibility index (Phi) is 4.66. The maximum Gasteiger partial charge on any atom is 0.350 e. The molecule has 6 nitrogen and oxygen atoms in total. The highest BCUT2D eigenvalue weighted by Gasteiger charge is 2.17. The van der Waals surface area contributed by atoms with E-state index in [1.807, 2.05) is 0 Å². The molecule has 0 saturated carbocycles. The topological polar surface area (TPSA) is 94.3 Å². The minimum Gasteiger partial charge on any atom is -0.465 e. The number of nitrogens with two attached hydrogens (primary N) is 1. The highest BCUT2D eigenvalue weighted by molar-refractivity contribution is 7.17. The number of benzene rings is 1. The quantitative estimate of drug-likeness (QED) is 0.842. The first-order valence-electron chi connectivity index (χ1n) is 6.21. The fourth-order valence-electron chi connectivity index (χ4n) is 1.69. The van der Waals surface area contributed by atoms with E-state index >= 15 is 0 Å². The zero-order chi connectivity index (χ0) is 15.4. The number of thiazole rings is 1. The number of esters is 1. The van der Waals surface area contributed by atoms with Crippen LogP contribution in [0.3, 0.4) is 0 Å². The van der Waals surface area contributed by atoms with Gasteiger partial charge in [0.05, 0.1) is 12.8 Å². The molecule has 0 spiro atoms. The van der Waals surface area contributed by atoms with Crippen molar-refractivity contribution in [3.8, 4) is 0 Å². The van der Waals surface area contributed by atoms with Crippen LogP contribution < -0.4 is 11.1 Å². The largest absolute Gasteiger partial charge is 0.465 e. The summed E-state index contributed by atoms with van der Waals surface area (Å²) in [5.41, 5.74) is 7.48. The predicted molar refractivity (Wildman–Crippen MR) is 80.5 cm³/mol. The highest BCUT2D eigenvalue weighted by Crippen LogP contribution is 2.23. The number of amides is 1. The second kappa shape index (κ2) is 6.47. The molecule has 0 bridgehead atoms. The Morgan fingerprint density at radius 3 is 2.57 bits per heavy atom. The first kappa shape index (κ1) is 15.1. The number of hydrogen-bond donors (Lipinski definition) is 2. The van der Waals surface area contributed by atoms with E-state index in [1.165, 1.54) is 7.11 Å². The van der Waals surface area contributed by atoms with Gasteiger partial charge in [-0.25, -0.2) is 9.78 Å². The van der Waals surface area contributed by atoms with Gasteiger partial charge in [-0.15, -0.1) is 0 Å². The second-order valence-corrected chi connectivity index (χ2v) is 5.28. The van der Waals surface area contributed by atoms with Crippen molar-refractivity contribution in [2.75, 3.05) is 12.4 Å². The first-order chi connectivity index (χ1) is 10.0. The SMILES string of the molecule is COC(=O)c1sc(NC(=O)c2ccc(CN)cc2)nc1C. The van der Waals surface area contributed by atoms with Gasteiger partial charge in [0, 0.05) is 12.1 Å². The molecule has 0 aliphatic carbocycles. The molecule has 2 aromatic rings. The van der Waals surface area contributed by atoms with Crippen LogP contribution in [0.25, 0.3) is 0 Å². The second-order valence-electron chi connectivity index (χ2n) is 4.28. The number of methoxy groups -OCH3 is 1. The smallest absolute Gasteiger partial charge is 0.350 e. The summed E-state index contributed by atoms with van der Waals surface area (Å²) in [6.45, 7) is 2.12. The number of nitrogens with one attached hydrogen (secondary N) is 1. The van der Waals surface area contributed by atoms with Crippen molar-refractivity contribution in [1.29, 1.82) is 0 Å². The molecule has 1 aromatic heterocycles. The Morgan fingerprint density at radius 2 is 2.00 bits per heavy atom. The Bertz CT molecular complexity index is 665. The van der Waals surface area contributed by atoms with E-state index in [0.29, 0.717) is 27.8 Å². The average Bonchev–Trinajstić information content (AvgIpc) is 2.87. The number of ether oxygens (including phenoxy) is 1. The minimum atomic E-state index is -0.460. The number of carbonyl (C=O) groups excluding carboxylic acids is 2. The standard InChI is InChI=1S/C14H15N3O3S/c1-8-11(13(19)20-2)21-14(16-8)17-12(18)10-5-3-9(7-15)4-6-10/h3-6H,7,15H2,1-2H3,(H,16,17,18). The third-order valence-corrected chi connectivity index (χ3v) is 3.89. The number of rotatable bonds is 4. The highest BCUT2D eigenvalue weighted by atomic mass is 32.1. The number of hydrogen-bond acceptors (Lipinski definition) is 6. The van der Waals surface area contributed by atoms with Gasteiger partial charge in [-0.3, -0.25) is 10.1 Å². The van der Waals surface area contributed by atoms with Gasteiger partial charge in [-0.2, -0.15) is 0 Å². The summed E-state index contributed by atoms with van der Waals surface area (Å²) < 4.78 is 4.65. The van der Waals surface area contributed by atoms with Gasteiger partial charge in [0.2, 0.25) is 0 Å². The van der Waals surface area contributed by atoms with Crippen LogP contribution in [0.1, 0.15) is 31.3 Å². The molecule has 3 N–H and O–H groups in total. The fraction of sp³-hybridized carbons (Fsp3) is 0.214. The van der Waals surface area contributed by atoms with Gasteiger partial charge < -0.3 is 10.5 Å². The monoisotopic (exact) mass is 305 g/mol. The molecule has 1 heterocycles. The van der Waals surface area contributed by atoms with Crippen molar-refractivity contribution in [3.05, 3.63) is 46.0 Å². The number of aryl methyl sites for hydroxylation is 1. The summed E-state index contributed by atoms with van der Waals surface area (Å²) >= 11 is 1.09. The molecule has 0 aliphatic rings. The normalized spacial score (nSPS) is 10.2. The van der Waals surface area contributed by atoms with E-state index in [1.54, 1.807) is 31.2 Å². The molecule has 2 rings (SSSR count). The summed E-state index contributed by atoms with van der Waals surface area (Å²) in [5, 5.41) is 3.03. The maximum absolute atomic E-state index is 12.1. The molecule has 0 unspecified atom stereocenters. The lowest BCUT2D eigenvalue weighted by molar-refractivity contribution is 0.0605. The van der Waals surface area contributed by atoms with Crippen LogP contribution in [0, 0.1) is 6.92 Å². The van der Waals surface area contributed by atoms with E-state index in [0.717, 1.165) is 16.9 Å². The Labute approximate surface area is 125 Å². The predicted octanol–water partition coefficient (Wildman–Crippen LogP) is 1.95. The van der Waals surface area contributed by atoms with Crippen molar-refractivity contribution in [2.45, 2.75) is 13.5 Å². The summed E-state index contributed by atoms with van der Waals surface area (Å²) in [6.07, 6.45) is 0. The summed E-state index contributed by atoms with van der Waals surface area (Å²) in [5.74, 6) is -0.749. The minimum absolute atomic E-state index is 0.288. The number of anilines is 1. The van der Waals surface area contributed by atoms with Crippen LogP contribution in [0.4, 0.5) is 5.13 Å². The molecule has 0 aliphatic heterocycles. The first-order valence-corrected chi connectivity index (χ1v) is 7.03. The lowest BCUT2D eigenvalue weighted by atomic mass is 10.1. The maximum atomic E-state index is 12.1. The summed E-state index contributed by atoms with van der Waals surface area (Å²) in [6, 6.07) is 6.97. The van der Waals surface area contributed by atoms with E-state index < -0.39 is 5.97 Å². The lowest BCUT2D eigenvalue weighted by Crippen LogP contribution is -2.11. The van der Waals surface area contributed by atoms with Crippen molar-refractivity contribution in [1.82, 2.24) is 4.98 Å². The van der Waals surface area contributed by atoms with Crippen LogP contribution in [0.5, 0.6) is 0 Å². The molecule has 0 fully saturated rings. The lowest BCUT2D eigenvalue weighted by Gasteiger charge is -2.02. The fourth-order valence-corrected chi connectivity index (χ4v) is 2.57. The Morgan fingerprint density at radius 1 is 1.33 bits per heavy atom. The van der Waals surface area contributed by atoms with Gasteiger partial charge in [0.25, 0.3) is 5.91 Å². The van der Waals surface area contributed by atoms with Gasteiger partial charge in [-0.05, 0) is 24.6 Å². The Balaban J connectivity index is 2.13. The van der Waals surface area contributed by atoms with E-state index in [2.05, 4.69) is 15.0 Å². The third kappa shape index (κ3) is 3.45. The van der Waals surface area contributed by atoms with Crippen LogP contribution in [-0.2, 0) is 11.3 Å². The molecular formula is C14H15N3O3S. The van der Waals surface area contributed by atoms with Crippen LogP contribution in [0.2, 0.25) is 0 Å². The van der Waals surface area contributed by atoms with Crippen LogP contribution >= 0.6 is 11.3 Å². The summed E-state index contributed by atoms with van der Waals surface area (Å²) in [7, 11) is 1.30. The Hall–Kier alpha value is -2.25. The van der Waals surface area contributed by atoms with Crippen LogP contribution in [0.15, 0.2) is 24.3 Å². The average molecular weight is 305 g/mol. The van der Waals surface area contributed by atoms with Gasteiger partial charge in [0.1, 0.15) is 4.88 Å². The molecular weight excluding hydrogens is 290 g/mol. The van der Waals surface area contributed by atoms with Gasteiger partial charge in [-0.1, -0.05) is 23.5 Å². The molecule has 7 heteroatoms. The van der Waals surface area contributed by atoms with E-state index in [-0.39, 0.29) is 5.91 Å². The summed E-state index contributed by atoms with van der Waals surface area (Å²) in [4.78, 5) is 28.1. The van der Waals surface area contributed by atoms with Crippen LogP contribution in [-0.4, -0.2) is 24.0 Å². The third-order valence-electron chi connectivity index (χ3n) is 2.84. The molecule has 110 valence electrons. The molecule has 0 saturated heterocycles. The van der Waals surface area contributed by atoms with E-state index in [9.17, 15) is 9.59 Å². The molecule has 1 aromatic carbocycles.